The molecule has 2 heterocycles. The quantitative estimate of drug-likeness (QED) is 0.601. The lowest BCUT2D eigenvalue weighted by Crippen LogP contribution is -2.37. The summed E-state index contributed by atoms with van der Waals surface area (Å²) in [5, 5.41) is 0. The van der Waals surface area contributed by atoms with Gasteiger partial charge in [0.1, 0.15) is 13.2 Å². The molecular formula is C16H15BrN4O4. The Morgan fingerprint density at radius 1 is 1.16 bits per heavy atom. The molecule has 3 rings (SSSR count). The third kappa shape index (κ3) is 3.27. The van der Waals surface area contributed by atoms with Gasteiger partial charge in [0.2, 0.25) is 0 Å². The van der Waals surface area contributed by atoms with E-state index in [0.717, 1.165) is 14.6 Å². The van der Waals surface area contributed by atoms with E-state index in [0.29, 0.717) is 0 Å². The second-order valence-electron chi connectivity index (χ2n) is 5.54. The number of aryl methyl sites for hydroxylation is 1. The largest absolute Gasteiger partial charge is 0.459 e. The van der Waals surface area contributed by atoms with Gasteiger partial charge in [-0.3, -0.25) is 18.7 Å². The molecule has 0 atom stereocenters. The van der Waals surface area contributed by atoms with E-state index in [-0.39, 0.29) is 24.3 Å². The molecule has 0 aliphatic heterocycles. The summed E-state index contributed by atoms with van der Waals surface area (Å²) in [5.41, 5.74) is 0.293. The smallest absolute Gasteiger partial charge is 0.332 e. The van der Waals surface area contributed by atoms with E-state index in [1.807, 2.05) is 24.3 Å². The van der Waals surface area contributed by atoms with Crippen LogP contribution in [0.15, 0.2) is 44.7 Å². The number of carbonyl (C=O) groups excluding carboxylic acids is 1. The van der Waals surface area contributed by atoms with Gasteiger partial charge >= 0.3 is 11.7 Å². The number of imidazole rings is 1. The summed E-state index contributed by atoms with van der Waals surface area (Å²) in [4.78, 5) is 40.4. The van der Waals surface area contributed by atoms with Crippen LogP contribution in [0.25, 0.3) is 11.2 Å². The van der Waals surface area contributed by atoms with Crippen LogP contribution >= 0.6 is 15.9 Å². The van der Waals surface area contributed by atoms with E-state index in [1.165, 1.54) is 29.6 Å². The predicted octanol–water partition coefficient (Wildman–Crippen LogP) is 0.940. The Balaban J connectivity index is 1.81. The fourth-order valence-electron chi connectivity index (χ4n) is 2.45. The van der Waals surface area contributed by atoms with Crippen molar-refractivity contribution in [3.63, 3.8) is 0 Å². The molecule has 9 heteroatoms. The summed E-state index contributed by atoms with van der Waals surface area (Å²) in [6.45, 7) is -0.0320. The lowest BCUT2D eigenvalue weighted by molar-refractivity contribution is -0.145. The molecule has 0 fully saturated rings. The number of ether oxygens (including phenoxy) is 1. The normalized spacial score (nSPS) is 11.0. The minimum absolute atomic E-state index is 0.134. The van der Waals surface area contributed by atoms with Crippen LogP contribution in [0.2, 0.25) is 0 Å². The fraction of sp³-hybridized carbons (Fsp3) is 0.250. The van der Waals surface area contributed by atoms with Gasteiger partial charge in [-0.2, -0.15) is 0 Å². The molecule has 0 amide bonds. The van der Waals surface area contributed by atoms with Crippen LogP contribution in [0.1, 0.15) is 5.56 Å². The first-order valence-corrected chi connectivity index (χ1v) is 8.18. The number of fused-ring (bicyclic) bond motifs is 1. The second-order valence-corrected chi connectivity index (χ2v) is 6.45. The van der Waals surface area contributed by atoms with E-state index in [2.05, 4.69) is 20.9 Å². The van der Waals surface area contributed by atoms with E-state index in [1.54, 1.807) is 0 Å². The van der Waals surface area contributed by atoms with Crippen LogP contribution in [0, 0.1) is 0 Å². The highest BCUT2D eigenvalue weighted by Gasteiger charge is 2.16. The van der Waals surface area contributed by atoms with Crippen molar-refractivity contribution in [2.24, 2.45) is 14.1 Å². The third-order valence-electron chi connectivity index (χ3n) is 3.83. The molecule has 0 saturated heterocycles. The minimum atomic E-state index is -0.503. The van der Waals surface area contributed by atoms with Gasteiger partial charge in [-0.1, -0.05) is 28.1 Å². The number of halogens is 1. The molecule has 0 aliphatic carbocycles. The summed E-state index contributed by atoms with van der Waals surface area (Å²) in [6.07, 6.45) is 1.35. The maximum absolute atomic E-state index is 12.3. The van der Waals surface area contributed by atoms with Crippen LogP contribution in [0.5, 0.6) is 0 Å². The topological polar surface area (TPSA) is 88.1 Å². The van der Waals surface area contributed by atoms with Crippen molar-refractivity contribution in [3.8, 4) is 0 Å². The van der Waals surface area contributed by atoms with E-state index < -0.39 is 17.2 Å². The molecule has 25 heavy (non-hydrogen) atoms. The Morgan fingerprint density at radius 2 is 1.84 bits per heavy atom. The van der Waals surface area contributed by atoms with Gasteiger partial charge in [0.25, 0.3) is 5.56 Å². The van der Waals surface area contributed by atoms with Gasteiger partial charge in [-0.15, -0.1) is 0 Å². The van der Waals surface area contributed by atoms with Crippen LogP contribution in [-0.2, 0) is 36.8 Å². The molecule has 0 spiro atoms. The Bertz CT molecular complexity index is 1060. The van der Waals surface area contributed by atoms with Gasteiger partial charge in [-0.05, 0) is 17.7 Å². The van der Waals surface area contributed by atoms with Gasteiger partial charge in [-0.25, -0.2) is 9.78 Å². The number of carbonyl (C=O) groups is 1. The summed E-state index contributed by atoms with van der Waals surface area (Å²) in [5.74, 6) is -0.502. The molecule has 8 nitrogen and oxygen atoms in total. The van der Waals surface area contributed by atoms with Crippen LogP contribution in [0.4, 0.5) is 0 Å². The molecular weight excluding hydrogens is 392 g/mol. The summed E-state index contributed by atoms with van der Waals surface area (Å²) in [6, 6.07) is 7.40. The minimum Gasteiger partial charge on any atom is -0.459 e. The number of hydrogen-bond donors (Lipinski definition) is 0. The molecule has 3 aromatic rings. The van der Waals surface area contributed by atoms with Crippen molar-refractivity contribution in [2.75, 3.05) is 0 Å². The van der Waals surface area contributed by atoms with Crippen molar-refractivity contribution in [1.29, 1.82) is 0 Å². The van der Waals surface area contributed by atoms with Crippen molar-refractivity contribution in [1.82, 2.24) is 18.7 Å². The van der Waals surface area contributed by atoms with Gasteiger partial charge < -0.3 is 9.30 Å². The first-order chi connectivity index (χ1) is 11.9. The Hall–Kier alpha value is -2.68. The molecule has 1 aromatic carbocycles. The lowest BCUT2D eigenvalue weighted by Gasteiger charge is -2.07. The van der Waals surface area contributed by atoms with Crippen molar-refractivity contribution in [3.05, 3.63) is 61.5 Å². The highest BCUT2D eigenvalue weighted by molar-refractivity contribution is 9.10. The fourth-order valence-corrected chi connectivity index (χ4v) is 2.71. The first kappa shape index (κ1) is 17.2. The van der Waals surface area contributed by atoms with Gasteiger partial charge in [0.15, 0.2) is 11.2 Å². The van der Waals surface area contributed by atoms with Crippen molar-refractivity contribution in [2.45, 2.75) is 13.2 Å². The number of hydrogen-bond acceptors (Lipinski definition) is 5. The maximum Gasteiger partial charge on any atom is 0.332 e. The highest BCUT2D eigenvalue weighted by atomic mass is 79.9. The Kier molecular flexibility index (Phi) is 4.58. The van der Waals surface area contributed by atoms with E-state index in [4.69, 9.17) is 4.74 Å². The zero-order chi connectivity index (χ0) is 18.1. The monoisotopic (exact) mass is 406 g/mol. The SMILES string of the molecule is Cn1c(=O)c2c(ncn2CC(=O)OCc2ccc(Br)cc2)n(C)c1=O. The number of benzene rings is 1. The molecule has 0 radical (unpaired) electrons. The van der Waals surface area contributed by atoms with Crippen LogP contribution in [0.3, 0.4) is 0 Å². The molecule has 0 N–H and O–H groups in total. The standard InChI is InChI=1S/C16H15BrN4O4/c1-19-14-13(15(23)20(2)16(19)24)21(9-18-14)7-12(22)25-8-10-3-5-11(17)6-4-10/h3-6,9H,7-8H2,1-2H3. The number of rotatable bonds is 4. The number of aromatic nitrogens is 4. The number of nitrogens with zero attached hydrogens (tertiary/aromatic N) is 4. The molecule has 0 aliphatic rings. The maximum atomic E-state index is 12.3. The second kappa shape index (κ2) is 6.67. The molecule has 0 saturated carbocycles. The van der Waals surface area contributed by atoms with E-state index in [9.17, 15) is 14.4 Å². The van der Waals surface area contributed by atoms with Crippen LogP contribution in [-0.4, -0.2) is 24.7 Å². The summed E-state index contributed by atoms with van der Waals surface area (Å²) in [7, 11) is 2.90. The van der Waals surface area contributed by atoms with Crippen molar-refractivity contribution >= 4 is 33.1 Å². The van der Waals surface area contributed by atoms with Gasteiger partial charge in [0.05, 0.1) is 6.33 Å². The van der Waals surface area contributed by atoms with Crippen molar-refractivity contribution < 1.29 is 9.53 Å². The summed E-state index contributed by atoms with van der Waals surface area (Å²) < 4.78 is 9.81. The Morgan fingerprint density at radius 3 is 2.52 bits per heavy atom. The summed E-state index contributed by atoms with van der Waals surface area (Å²) >= 11 is 3.34. The highest BCUT2D eigenvalue weighted by Crippen LogP contribution is 2.11. The zero-order valence-corrected chi connectivity index (χ0v) is 15.2. The molecule has 2 aromatic heterocycles. The zero-order valence-electron chi connectivity index (χ0n) is 13.6. The predicted molar refractivity (Wildman–Crippen MR) is 94.2 cm³/mol. The molecule has 0 unspecified atom stereocenters. The van der Waals surface area contributed by atoms with Crippen LogP contribution < -0.4 is 11.2 Å². The molecule has 130 valence electrons. The number of esters is 1. The third-order valence-corrected chi connectivity index (χ3v) is 4.36. The average Bonchev–Trinajstić information content (AvgIpc) is 3.01. The van der Waals surface area contributed by atoms with E-state index >= 15 is 0 Å². The molecule has 0 bridgehead atoms. The lowest BCUT2D eigenvalue weighted by atomic mass is 10.2. The average molecular weight is 407 g/mol. The van der Waals surface area contributed by atoms with Gasteiger partial charge in [0, 0.05) is 18.6 Å². The first-order valence-electron chi connectivity index (χ1n) is 7.39. The Labute approximate surface area is 150 Å².